The molecule has 0 aliphatic carbocycles. The smallest absolute Gasteiger partial charge is 0.292 e. The Bertz CT molecular complexity index is 1260. The van der Waals surface area contributed by atoms with E-state index < -0.39 is 12.1 Å². The second-order valence-electron chi connectivity index (χ2n) is 7.32. The number of fused-ring (bicyclic) bond motifs is 2. The van der Waals surface area contributed by atoms with Gasteiger partial charge in [-0.05, 0) is 32.0 Å². The predicted octanol–water partition coefficient (Wildman–Crippen LogP) is 2.85. The number of H-pyrrole nitrogens is 1. The summed E-state index contributed by atoms with van der Waals surface area (Å²) in [7, 11) is 0. The van der Waals surface area contributed by atoms with Crippen LogP contribution in [-0.4, -0.2) is 47.0 Å². The molecule has 4 aromatic rings. The normalized spacial score (nSPS) is 17.3. The third-order valence-corrected chi connectivity index (χ3v) is 5.62. The molecule has 154 valence electrons. The molecule has 5 heterocycles. The summed E-state index contributed by atoms with van der Waals surface area (Å²) in [4.78, 5) is 27.0. The molecule has 2 N–H and O–H groups in total. The van der Waals surface area contributed by atoms with E-state index in [0.717, 1.165) is 16.9 Å². The van der Waals surface area contributed by atoms with Crippen molar-refractivity contribution < 1.29 is 14.3 Å². The minimum Gasteiger partial charge on any atom is -0.432 e. The van der Waals surface area contributed by atoms with Gasteiger partial charge >= 0.3 is 0 Å². The molecule has 0 radical (unpaired) electrons. The second-order valence-corrected chi connectivity index (χ2v) is 7.72. The maximum Gasteiger partial charge on any atom is 0.292 e. The van der Waals surface area contributed by atoms with Gasteiger partial charge in [-0.1, -0.05) is 11.6 Å². The average Bonchev–Trinajstić information content (AvgIpc) is 3.44. The van der Waals surface area contributed by atoms with Crippen molar-refractivity contribution >= 4 is 23.0 Å². The van der Waals surface area contributed by atoms with Crippen molar-refractivity contribution in [1.29, 1.82) is 0 Å². The molecule has 10 heteroatoms. The summed E-state index contributed by atoms with van der Waals surface area (Å²) < 4.78 is 7.28. The number of halogens is 1. The summed E-state index contributed by atoms with van der Waals surface area (Å²) in [6, 6.07) is 4.96. The summed E-state index contributed by atoms with van der Waals surface area (Å²) in [5, 5.41) is 15.0. The van der Waals surface area contributed by atoms with Crippen LogP contribution in [0.25, 0.3) is 5.52 Å². The van der Waals surface area contributed by atoms with Crippen LogP contribution in [0.4, 0.5) is 0 Å². The van der Waals surface area contributed by atoms with Gasteiger partial charge in [-0.3, -0.25) is 4.79 Å². The first kappa shape index (κ1) is 18.8. The van der Waals surface area contributed by atoms with E-state index in [1.165, 1.54) is 0 Å². The lowest BCUT2D eigenvalue weighted by molar-refractivity contribution is 0.0644. The number of aliphatic hydroxyl groups excluding tert-OH is 1. The zero-order valence-corrected chi connectivity index (χ0v) is 17.1. The number of nitrogens with zero attached hydrogens (tertiary/aromatic N) is 5. The van der Waals surface area contributed by atoms with Gasteiger partial charge in [0.1, 0.15) is 12.1 Å². The van der Waals surface area contributed by atoms with E-state index in [0.29, 0.717) is 29.4 Å². The molecule has 0 saturated heterocycles. The van der Waals surface area contributed by atoms with E-state index in [1.54, 1.807) is 41.9 Å². The third-order valence-electron chi connectivity index (χ3n) is 5.30. The van der Waals surface area contributed by atoms with Crippen molar-refractivity contribution in [1.82, 2.24) is 29.5 Å². The largest absolute Gasteiger partial charge is 0.432 e. The highest BCUT2D eigenvalue weighted by molar-refractivity contribution is 6.33. The average molecular weight is 427 g/mol. The summed E-state index contributed by atoms with van der Waals surface area (Å²) in [6.45, 7) is 3.68. The summed E-state index contributed by atoms with van der Waals surface area (Å²) in [5.74, 6) is -0.102. The van der Waals surface area contributed by atoms with Gasteiger partial charge in [0.25, 0.3) is 5.91 Å². The molecule has 1 aliphatic rings. The fourth-order valence-corrected chi connectivity index (χ4v) is 4.07. The number of hydrogen-bond donors (Lipinski definition) is 2. The minimum absolute atomic E-state index is 0.108. The van der Waals surface area contributed by atoms with E-state index >= 15 is 0 Å². The number of rotatable bonds is 3. The summed E-state index contributed by atoms with van der Waals surface area (Å²) >= 11 is 6.33. The number of carbonyl (C=O) groups excluding carboxylic acids is 1. The zero-order chi connectivity index (χ0) is 21.0. The van der Waals surface area contributed by atoms with Gasteiger partial charge in [0, 0.05) is 24.9 Å². The molecule has 2 atom stereocenters. The van der Waals surface area contributed by atoms with Crippen molar-refractivity contribution in [2.45, 2.75) is 32.4 Å². The second kappa shape index (κ2) is 6.96. The third kappa shape index (κ3) is 2.89. The molecule has 1 aliphatic heterocycles. The Balaban J connectivity index is 1.62. The van der Waals surface area contributed by atoms with Crippen molar-refractivity contribution in [3.63, 3.8) is 0 Å². The first-order valence-electron chi connectivity index (χ1n) is 9.56. The molecular weight excluding hydrogens is 408 g/mol. The highest BCUT2D eigenvalue weighted by Gasteiger charge is 2.38. The number of amides is 1. The van der Waals surface area contributed by atoms with Gasteiger partial charge in [0.15, 0.2) is 0 Å². The topological polar surface area (TPSA) is 113 Å². The fourth-order valence-electron chi connectivity index (χ4n) is 3.85. The van der Waals surface area contributed by atoms with Crippen LogP contribution in [0.1, 0.15) is 58.3 Å². The quantitative estimate of drug-likeness (QED) is 0.521. The number of hydrogen-bond acceptors (Lipinski definition) is 6. The SMILES string of the molecule is Cc1nc([C@H](C)O)oc1C(=O)N1CCc2[nH]cnc2C1c1cc2c(Cl)cccn2n1. The lowest BCUT2D eigenvalue weighted by Gasteiger charge is -2.33. The fraction of sp³-hybridized carbons (Fsp3) is 0.300. The molecule has 0 fully saturated rings. The molecule has 0 saturated carbocycles. The van der Waals surface area contributed by atoms with E-state index in [1.807, 2.05) is 12.1 Å². The number of oxazole rings is 1. The van der Waals surface area contributed by atoms with Gasteiger partial charge < -0.3 is 19.4 Å². The Morgan fingerprint density at radius 1 is 1.47 bits per heavy atom. The van der Waals surface area contributed by atoms with Crippen LogP contribution in [0.3, 0.4) is 0 Å². The maximum atomic E-state index is 13.5. The zero-order valence-electron chi connectivity index (χ0n) is 16.3. The Morgan fingerprint density at radius 3 is 3.03 bits per heavy atom. The first-order valence-corrected chi connectivity index (χ1v) is 9.94. The van der Waals surface area contributed by atoms with Gasteiger partial charge in [-0.2, -0.15) is 5.10 Å². The van der Waals surface area contributed by atoms with Gasteiger partial charge in [0.05, 0.1) is 33.9 Å². The number of nitrogens with one attached hydrogen (secondary N) is 1. The van der Waals surface area contributed by atoms with Crippen molar-refractivity contribution in [3.05, 3.63) is 70.2 Å². The first-order chi connectivity index (χ1) is 14.4. The monoisotopic (exact) mass is 426 g/mol. The van der Waals surface area contributed by atoms with E-state index in [9.17, 15) is 9.90 Å². The molecule has 1 amide bonds. The highest BCUT2D eigenvalue weighted by atomic mass is 35.5. The molecule has 30 heavy (non-hydrogen) atoms. The van der Waals surface area contributed by atoms with Gasteiger partial charge in [0.2, 0.25) is 11.7 Å². The van der Waals surface area contributed by atoms with Gasteiger partial charge in [-0.15, -0.1) is 0 Å². The molecule has 9 nitrogen and oxygen atoms in total. The summed E-state index contributed by atoms with van der Waals surface area (Å²) in [6.07, 6.45) is 3.16. The Labute approximate surface area is 176 Å². The van der Waals surface area contributed by atoms with Crippen LogP contribution in [0.15, 0.2) is 35.1 Å². The molecule has 0 aromatic carbocycles. The van der Waals surface area contributed by atoms with E-state index in [-0.39, 0.29) is 17.6 Å². The van der Waals surface area contributed by atoms with Gasteiger partial charge in [-0.25, -0.2) is 14.5 Å². The molecular formula is C20H19ClN6O3. The Kier molecular flexibility index (Phi) is 4.37. The lowest BCUT2D eigenvalue weighted by atomic mass is 9.99. The van der Waals surface area contributed by atoms with E-state index in [2.05, 4.69) is 20.1 Å². The van der Waals surface area contributed by atoms with Crippen molar-refractivity contribution in [2.24, 2.45) is 0 Å². The van der Waals surface area contributed by atoms with Crippen molar-refractivity contribution in [3.8, 4) is 0 Å². The van der Waals surface area contributed by atoms with E-state index in [4.69, 9.17) is 16.0 Å². The number of aromatic nitrogens is 5. The number of imidazole rings is 1. The summed E-state index contributed by atoms with van der Waals surface area (Å²) in [5.41, 5.74) is 3.53. The van der Waals surface area contributed by atoms with Crippen molar-refractivity contribution in [2.75, 3.05) is 6.54 Å². The van der Waals surface area contributed by atoms with Crippen LogP contribution < -0.4 is 0 Å². The Morgan fingerprint density at radius 2 is 2.30 bits per heavy atom. The van der Waals surface area contributed by atoms with Crippen LogP contribution >= 0.6 is 11.6 Å². The van der Waals surface area contributed by atoms with Crippen LogP contribution in [0.2, 0.25) is 5.02 Å². The standard InChI is InChI=1S/C20H19ClN6O3/c1-10-18(30-19(24-10)11(2)28)20(29)26-7-5-13-16(23-9-22-13)17(26)14-8-15-12(21)4-3-6-27(15)25-14/h3-4,6,8-9,11,17,28H,5,7H2,1-2H3,(H,22,23)/t11-,17?/m0/s1. The van der Waals surface area contributed by atoms with Crippen LogP contribution in [-0.2, 0) is 6.42 Å². The van der Waals surface area contributed by atoms with Crippen LogP contribution in [0.5, 0.6) is 0 Å². The Hall–Kier alpha value is -3.17. The minimum atomic E-state index is -0.902. The molecule has 1 unspecified atom stereocenters. The molecule has 0 bridgehead atoms. The number of aliphatic hydroxyl groups is 1. The van der Waals surface area contributed by atoms with Crippen LogP contribution in [0, 0.1) is 6.92 Å². The predicted molar refractivity (Wildman–Crippen MR) is 107 cm³/mol. The number of aromatic amines is 1. The highest BCUT2D eigenvalue weighted by Crippen LogP contribution is 2.35. The molecule has 5 rings (SSSR count). The lowest BCUT2D eigenvalue weighted by Crippen LogP contribution is -2.41. The molecule has 0 spiro atoms. The number of carbonyl (C=O) groups is 1. The number of pyridine rings is 1. The molecule has 4 aromatic heterocycles. The maximum absolute atomic E-state index is 13.5. The number of aryl methyl sites for hydroxylation is 1.